The molecule has 0 aromatic heterocycles. The van der Waals surface area contributed by atoms with Crippen LogP contribution in [0.25, 0.3) is 5.57 Å². The van der Waals surface area contributed by atoms with Crippen LogP contribution in [0.5, 0.6) is 0 Å². The Morgan fingerprint density at radius 2 is 2.12 bits per heavy atom. The van der Waals surface area contributed by atoms with Gasteiger partial charge in [-0.05, 0) is 12.1 Å². The minimum atomic E-state index is -0.439. The number of hydrogen-bond donors (Lipinski definition) is 1. The Kier molecular flexibility index (Phi) is 2.82. The average molecular weight is 233 g/mol. The highest BCUT2D eigenvalue weighted by Crippen LogP contribution is 2.32. The van der Waals surface area contributed by atoms with Gasteiger partial charge in [0.2, 0.25) is 0 Å². The number of rotatable bonds is 2. The number of carbonyl (C=O) groups is 2. The number of amides is 1. The van der Waals surface area contributed by atoms with Crippen LogP contribution in [0.4, 0.5) is 5.69 Å². The van der Waals surface area contributed by atoms with Crippen molar-refractivity contribution in [2.24, 2.45) is 0 Å². The first-order valence-electron chi connectivity index (χ1n) is 4.94. The van der Waals surface area contributed by atoms with Crippen molar-refractivity contribution >= 4 is 23.1 Å². The molecule has 2 rings (SSSR count). The zero-order valence-corrected chi connectivity index (χ0v) is 9.44. The molecule has 1 N–H and O–H groups in total. The maximum Gasteiger partial charge on any atom is 0.337 e. The molecule has 17 heavy (non-hydrogen) atoms. The normalized spacial score (nSPS) is 15.4. The molecule has 1 aromatic rings. The van der Waals surface area contributed by atoms with E-state index < -0.39 is 5.97 Å². The van der Waals surface area contributed by atoms with Gasteiger partial charge >= 0.3 is 5.97 Å². The van der Waals surface area contributed by atoms with E-state index in [1.54, 1.807) is 18.2 Å². The number of ether oxygens (including phenoxy) is 2. The highest BCUT2D eigenvalue weighted by Gasteiger charge is 2.25. The molecule has 5 heteroatoms. The largest absolute Gasteiger partial charge is 0.504 e. The van der Waals surface area contributed by atoms with Gasteiger partial charge in [0.1, 0.15) is 0 Å². The molecule has 1 aromatic carbocycles. The molecular formula is C12H11NO4. The zero-order valence-electron chi connectivity index (χ0n) is 9.44. The molecule has 0 unspecified atom stereocenters. The summed E-state index contributed by atoms with van der Waals surface area (Å²) in [5, 5.41) is 2.66. The van der Waals surface area contributed by atoms with Gasteiger partial charge in [0.15, 0.2) is 0 Å². The van der Waals surface area contributed by atoms with Gasteiger partial charge < -0.3 is 14.8 Å². The third kappa shape index (κ3) is 1.87. The Bertz CT molecular complexity index is 519. The quantitative estimate of drug-likeness (QED) is 0.476. The molecule has 0 fully saturated rings. The Morgan fingerprint density at radius 3 is 2.76 bits per heavy atom. The number of esters is 1. The molecule has 1 amide bonds. The SMILES string of the molecule is CO/C=C1\C(=O)Nc2cc(C(=O)OC)ccc21. The first-order chi connectivity index (χ1) is 8.17. The third-order valence-electron chi connectivity index (χ3n) is 2.46. The lowest BCUT2D eigenvalue weighted by Gasteiger charge is -2.02. The monoisotopic (exact) mass is 233 g/mol. The third-order valence-corrected chi connectivity index (χ3v) is 2.46. The van der Waals surface area contributed by atoms with E-state index in [2.05, 4.69) is 10.1 Å². The second-order valence-electron chi connectivity index (χ2n) is 3.47. The van der Waals surface area contributed by atoms with Crippen LogP contribution in [-0.2, 0) is 14.3 Å². The molecule has 0 saturated carbocycles. The van der Waals surface area contributed by atoms with E-state index in [1.807, 2.05) is 0 Å². The lowest BCUT2D eigenvalue weighted by molar-refractivity contribution is -0.110. The maximum absolute atomic E-state index is 11.6. The zero-order chi connectivity index (χ0) is 12.4. The van der Waals surface area contributed by atoms with E-state index in [4.69, 9.17) is 4.74 Å². The van der Waals surface area contributed by atoms with Gasteiger partial charge in [0.05, 0.1) is 37.3 Å². The van der Waals surface area contributed by atoms with Gasteiger partial charge in [0, 0.05) is 5.56 Å². The van der Waals surface area contributed by atoms with Crippen molar-refractivity contribution in [3.63, 3.8) is 0 Å². The number of anilines is 1. The van der Waals surface area contributed by atoms with E-state index in [9.17, 15) is 9.59 Å². The fourth-order valence-corrected chi connectivity index (χ4v) is 1.67. The van der Waals surface area contributed by atoms with Gasteiger partial charge in [-0.15, -0.1) is 0 Å². The highest BCUT2D eigenvalue weighted by atomic mass is 16.5. The predicted molar refractivity (Wildman–Crippen MR) is 61.4 cm³/mol. The van der Waals surface area contributed by atoms with Crippen LogP contribution >= 0.6 is 0 Å². The topological polar surface area (TPSA) is 64.6 Å². The first-order valence-corrected chi connectivity index (χ1v) is 4.94. The number of benzene rings is 1. The van der Waals surface area contributed by atoms with Crippen LogP contribution in [0, 0.1) is 0 Å². The molecule has 0 atom stereocenters. The fraction of sp³-hybridized carbons (Fsp3) is 0.167. The summed E-state index contributed by atoms with van der Waals surface area (Å²) >= 11 is 0. The second kappa shape index (κ2) is 4.29. The molecule has 0 radical (unpaired) electrons. The molecule has 1 aliphatic heterocycles. The Balaban J connectivity index is 2.45. The van der Waals surface area contributed by atoms with Crippen LogP contribution in [0.1, 0.15) is 15.9 Å². The molecule has 0 aliphatic carbocycles. The van der Waals surface area contributed by atoms with Crippen molar-refractivity contribution in [2.45, 2.75) is 0 Å². The summed E-state index contributed by atoms with van der Waals surface area (Å²) in [6, 6.07) is 4.87. The maximum atomic E-state index is 11.6. The Hall–Kier alpha value is -2.30. The average Bonchev–Trinajstić information content (AvgIpc) is 2.64. The fourth-order valence-electron chi connectivity index (χ4n) is 1.67. The minimum absolute atomic E-state index is 0.246. The van der Waals surface area contributed by atoms with Crippen LogP contribution in [0.15, 0.2) is 24.5 Å². The Labute approximate surface area is 98.0 Å². The number of nitrogens with one attached hydrogen (secondary N) is 1. The second-order valence-corrected chi connectivity index (χ2v) is 3.47. The molecular weight excluding hydrogens is 222 g/mol. The molecule has 0 spiro atoms. The number of methoxy groups -OCH3 is 2. The predicted octanol–water partition coefficient (Wildman–Crippen LogP) is 1.41. The number of carbonyl (C=O) groups excluding carboxylic acids is 2. The van der Waals surface area contributed by atoms with Gasteiger partial charge in [-0.3, -0.25) is 4.79 Å². The Morgan fingerprint density at radius 1 is 1.35 bits per heavy atom. The standard InChI is InChI=1S/C12H11NO4/c1-16-6-9-8-4-3-7(12(15)17-2)5-10(8)13-11(9)14/h3-6H,1-2H3,(H,13,14)/b9-6-. The highest BCUT2D eigenvalue weighted by molar-refractivity contribution is 6.31. The van der Waals surface area contributed by atoms with E-state index in [1.165, 1.54) is 20.5 Å². The molecule has 1 heterocycles. The summed E-state index contributed by atoms with van der Waals surface area (Å²) in [4.78, 5) is 22.9. The van der Waals surface area contributed by atoms with E-state index in [0.29, 0.717) is 22.4 Å². The lowest BCUT2D eigenvalue weighted by Crippen LogP contribution is -2.04. The van der Waals surface area contributed by atoms with Crippen molar-refractivity contribution in [1.29, 1.82) is 0 Å². The van der Waals surface area contributed by atoms with E-state index in [0.717, 1.165) is 0 Å². The van der Waals surface area contributed by atoms with Crippen LogP contribution in [-0.4, -0.2) is 26.1 Å². The minimum Gasteiger partial charge on any atom is -0.504 e. The molecule has 5 nitrogen and oxygen atoms in total. The van der Waals surface area contributed by atoms with Crippen molar-refractivity contribution in [3.05, 3.63) is 35.6 Å². The van der Waals surface area contributed by atoms with Gasteiger partial charge in [-0.2, -0.15) is 0 Å². The van der Waals surface area contributed by atoms with Crippen LogP contribution in [0.3, 0.4) is 0 Å². The van der Waals surface area contributed by atoms with Crippen LogP contribution < -0.4 is 5.32 Å². The van der Waals surface area contributed by atoms with Crippen molar-refractivity contribution < 1.29 is 19.1 Å². The van der Waals surface area contributed by atoms with Crippen LogP contribution in [0.2, 0.25) is 0 Å². The molecule has 88 valence electrons. The summed E-state index contributed by atoms with van der Waals surface area (Å²) < 4.78 is 9.44. The molecule has 0 bridgehead atoms. The summed E-state index contributed by atoms with van der Waals surface area (Å²) in [6.45, 7) is 0. The first kappa shape index (κ1) is 11.2. The van der Waals surface area contributed by atoms with Crippen molar-refractivity contribution in [2.75, 3.05) is 19.5 Å². The van der Waals surface area contributed by atoms with Gasteiger partial charge in [0.25, 0.3) is 5.91 Å². The van der Waals surface area contributed by atoms with E-state index in [-0.39, 0.29) is 5.91 Å². The molecule has 1 aliphatic rings. The summed E-state index contributed by atoms with van der Waals surface area (Å²) in [6.07, 6.45) is 1.37. The summed E-state index contributed by atoms with van der Waals surface area (Å²) in [5.74, 6) is -0.685. The van der Waals surface area contributed by atoms with Crippen molar-refractivity contribution in [3.8, 4) is 0 Å². The molecule has 0 saturated heterocycles. The van der Waals surface area contributed by atoms with E-state index >= 15 is 0 Å². The number of hydrogen-bond acceptors (Lipinski definition) is 4. The van der Waals surface area contributed by atoms with Gasteiger partial charge in [-0.25, -0.2) is 4.79 Å². The number of fused-ring (bicyclic) bond motifs is 1. The lowest BCUT2D eigenvalue weighted by atomic mass is 10.1. The summed E-state index contributed by atoms with van der Waals surface area (Å²) in [5.41, 5.74) is 2.13. The van der Waals surface area contributed by atoms with Crippen molar-refractivity contribution in [1.82, 2.24) is 0 Å². The van der Waals surface area contributed by atoms with Gasteiger partial charge in [-0.1, -0.05) is 6.07 Å². The smallest absolute Gasteiger partial charge is 0.337 e. The summed E-state index contributed by atoms with van der Waals surface area (Å²) in [7, 11) is 2.78.